The van der Waals surface area contributed by atoms with Gasteiger partial charge in [-0.1, -0.05) is 18.6 Å². The van der Waals surface area contributed by atoms with Crippen molar-refractivity contribution in [3.63, 3.8) is 0 Å². The van der Waals surface area contributed by atoms with Gasteiger partial charge in [0, 0.05) is 18.2 Å². The first-order valence-electron chi connectivity index (χ1n) is 8.70. The Kier molecular flexibility index (Phi) is 5.31. The first-order chi connectivity index (χ1) is 11.6. The zero-order valence-electron chi connectivity index (χ0n) is 14.4. The van der Waals surface area contributed by atoms with Crippen molar-refractivity contribution in [1.29, 1.82) is 0 Å². The summed E-state index contributed by atoms with van der Waals surface area (Å²) in [5.74, 6) is 0.331. The lowest BCUT2D eigenvalue weighted by atomic mass is 9.89. The van der Waals surface area contributed by atoms with Crippen LogP contribution in [0.5, 0.6) is 0 Å². The van der Waals surface area contributed by atoms with E-state index in [1.807, 2.05) is 24.0 Å². The van der Waals surface area contributed by atoms with E-state index < -0.39 is 0 Å². The number of nitrogens with zero attached hydrogens (tertiary/aromatic N) is 2. The van der Waals surface area contributed by atoms with Crippen LogP contribution in [0, 0.1) is 12.8 Å². The van der Waals surface area contributed by atoms with Crippen LogP contribution in [0.15, 0.2) is 30.9 Å². The molecule has 1 aromatic rings. The van der Waals surface area contributed by atoms with Crippen molar-refractivity contribution in [2.24, 2.45) is 5.92 Å². The van der Waals surface area contributed by atoms with Crippen molar-refractivity contribution in [3.05, 3.63) is 42.2 Å². The van der Waals surface area contributed by atoms with Crippen LogP contribution in [0.25, 0.3) is 0 Å². The van der Waals surface area contributed by atoms with Gasteiger partial charge in [0.2, 0.25) is 0 Å². The number of ether oxygens (including phenoxy) is 2. The number of rotatable bonds is 5. The molecule has 0 radical (unpaired) electrons. The molecule has 1 aliphatic carbocycles. The number of hydrogen-bond acceptors (Lipinski definition) is 4. The summed E-state index contributed by atoms with van der Waals surface area (Å²) in [4.78, 5) is 19.1. The smallest absolute Gasteiger partial charge is 0.272 e. The third-order valence-electron chi connectivity index (χ3n) is 5.06. The van der Waals surface area contributed by atoms with Gasteiger partial charge in [0.15, 0.2) is 0 Å². The van der Waals surface area contributed by atoms with Crippen LogP contribution in [0.4, 0.5) is 0 Å². The highest BCUT2D eigenvalue weighted by Crippen LogP contribution is 2.41. The quantitative estimate of drug-likeness (QED) is 0.615. The molecule has 3 rings (SSSR count). The zero-order chi connectivity index (χ0) is 17.0. The Balaban J connectivity index is 1.71. The second-order valence-corrected chi connectivity index (χ2v) is 6.72. The van der Waals surface area contributed by atoms with Gasteiger partial charge in [-0.25, -0.2) is 4.98 Å². The van der Waals surface area contributed by atoms with Gasteiger partial charge in [0.25, 0.3) is 5.91 Å². The van der Waals surface area contributed by atoms with E-state index in [0.717, 1.165) is 25.0 Å². The summed E-state index contributed by atoms with van der Waals surface area (Å²) in [7, 11) is 0. The monoisotopic (exact) mass is 330 g/mol. The van der Waals surface area contributed by atoms with E-state index in [9.17, 15) is 4.79 Å². The van der Waals surface area contributed by atoms with E-state index in [1.165, 1.54) is 0 Å². The van der Waals surface area contributed by atoms with Crippen LogP contribution in [-0.4, -0.2) is 54.3 Å². The summed E-state index contributed by atoms with van der Waals surface area (Å²) >= 11 is 0. The van der Waals surface area contributed by atoms with Gasteiger partial charge >= 0.3 is 0 Å². The Hall–Kier alpha value is -1.72. The van der Waals surface area contributed by atoms with E-state index in [4.69, 9.17) is 9.47 Å². The van der Waals surface area contributed by atoms with E-state index in [0.29, 0.717) is 44.5 Å². The minimum Gasteiger partial charge on any atom is -0.377 e. The standard InChI is InChI=1S/C19H26N2O3/c1-3-11-23-13-16-7-5-9-19(16)14-21(10-12-24-19)18(22)17-8-4-6-15(2)20-17/h3-4,6,8,16H,1,5,7,9-14H2,2H3/t16-,19+/m0/s1. The molecule has 2 atom stereocenters. The van der Waals surface area contributed by atoms with Gasteiger partial charge in [-0.2, -0.15) is 0 Å². The molecule has 5 heteroatoms. The molecule has 0 unspecified atom stereocenters. The molecular formula is C19H26N2O3. The lowest BCUT2D eigenvalue weighted by Crippen LogP contribution is -2.56. The fourth-order valence-electron chi connectivity index (χ4n) is 3.85. The molecule has 2 aliphatic rings. The Labute approximate surface area is 143 Å². The van der Waals surface area contributed by atoms with Gasteiger partial charge in [-0.05, 0) is 31.9 Å². The average Bonchev–Trinajstić information content (AvgIpc) is 2.96. The number of aromatic nitrogens is 1. The van der Waals surface area contributed by atoms with Gasteiger partial charge in [-0.15, -0.1) is 6.58 Å². The van der Waals surface area contributed by atoms with Crippen molar-refractivity contribution >= 4 is 5.91 Å². The van der Waals surface area contributed by atoms with Gasteiger partial charge in [-0.3, -0.25) is 4.79 Å². The van der Waals surface area contributed by atoms with Crippen LogP contribution in [0.2, 0.25) is 0 Å². The number of hydrogen-bond donors (Lipinski definition) is 0. The number of morpholine rings is 1. The third-order valence-corrected chi connectivity index (χ3v) is 5.06. The third kappa shape index (κ3) is 3.52. The zero-order valence-corrected chi connectivity index (χ0v) is 14.4. The molecule has 5 nitrogen and oxygen atoms in total. The predicted octanol–water partition coefficient (Wildman–Crippen LogP) is 2.60. The maximum Gasteiger partial charge on any atom is 0.272 e. The fourth-order valence-corrected chi connectivity index (χ4v) is 3.85. The molecule has 0 bridgehead atoms. The summed E-state index contributed by atoms with van der Waals surface area (Å²) < 4.78 is 11.9. The Morgan fingerprint density at radius 3 is 3.25 bits per heavy atom. The number of amides is 1. The molecule has 24 heavy (non-hydrogen) atoms. The Morgan fingerprint density at radius 1 is 1.58 bits per heavy atom. The topological polar surface area (TPSA) is 51.7 Å². The Bertz CT molecular complexity index is 604. The number of carbonyl (C=O) groups excluding carboxylic acids is 1. The number of aryl methyl sites for hydroxylation is 1. The molecule has 1 saturated heterocycles. The first-order valence-corrected chi connectivity index (χ1v) is 8.70. The van der Waals surface area contributed by atoms with Crippen LogP contribution >= 0.6 is 0 Å². The summed E-state index contributed by atoms with van der Waals surface area (Å²) in [5, 5.41) is 0. The number of pyridine rings is 1. The van der Waals surface area contributed by atoms with Gasteiger partial charge < -0.3 is 14.4 Å². The fraction of sp³-hybridized carbons (Fsp3) is 0.579. The number of carbonyl (C=O) groups is 1. The lowest BCUT2D eigenvalue weighted by Gasteiger charge is -2.44. The minimum absolute atomic E-state index is 0.000894. The molecule has 0 aromatic carbocycles. The summed E-state index contributed by atoms with van der Waals surface area (Å²) in [6, 6.07) is 5.58. The summed E-state index contributed by atoms with van der Waals surface area (Å²) in [6.45, 7) is 8.64. The van der Waals surface area contributed by atoms with E-state index in [1.54, 1.807) is 12.1 Å². The highest BCUT2D eigenvalue weighted by molar-refractivity contribution is 5.92. The molecule has 1 saturated carbocycles. The minimum atomic E-state index is -0.265. The molecule has 1 amide bonds. The normalized spacial score (nSPS) is 26.7. The van der Waals surface area contributed by atoms with Crippen LogP contribution in [0.3, 0.4) is 0 Å². The second kappa shape index (κ2) is 7.45. The summed E-state index contributed by atoms with van der Waals surface area (Å²) in [6.07, 6.45) is 4.96. The van der Waals surface area contributed by atoms with Crippen LogP contribution < -0.4 is 0 Å². The van der Waals surface area contributed by atoms with Crippen molar-refractivity contribution in [2.45, 2.75) is 31.8 Å². The average molecular weight is 330 g/mol. The summed E-state index contributed by atoms with van der Waals surface area (Å²) in [5.41, 5.74) is 1.11. The molecule has 1 spiro atoms. The van der Waals surface area contributed by atoms with E-state index in [-0.39, 0.29) is 11.5 Å². The maximum atomic E-state index is 12.8. The lowest BCUT2D eigenvalue weighted by molar-refractivity contribution is -0.132. The van der Waals surface area contributed by atoms with Crippen molar-refractivity contribution in [2.75, 3.05) is 32.9 Å². The van der Waals surface area contributed by atoms with Crippen molar-refractivity contribution in [1.82, 2.24) is 9.88 Å². The molecule has 2 fully saturated rings. The molecule has 2 heterocycles. The van der Waals surface area contributed by atoms with Gasteiger partial charge in [0.05, 0.1) is 32.0 Å². The van der Waals surface area contributed by atoms with Crippen molar-refractivity contribution < 1.29 is 14.3 Å². The van der Waals surface area contributed by atoms with Crippen molar-refractivity contribution in [3.8, 4) is 0 Å². The molecule has 130 valence electrons. The largest absolute Gasteiger partial charge is 0.377 e. The second-order valence-electron chi connectivity index (χ2n) is 6.72. The molecule has 1 aliphatic heterocycles. The van der Waals surface area contributed by atoms with Gasteiger partial charge in [0.1, 0.15) is 5.69 Å². The Morgan fingerprint density at radius 2 is 2.46 bits per heavy atom. The first kappa shape index (κ1) is 17.1. The molecular weight excluding hydrogens is 304 g/mol. The SMILES string of the molecule is C=CCOC[C@@H]1CCC[C@@]12CN(C(=O)c1cccc(C)n1)CCO2. The van der Waals surface area contributed by atoms with Crippen LogP contribution in [-0.2, 0) is 9.47 Å². The van der Waals surface area contributed by atoms with E-state index in [2.05, 4.69) is 11.6 Å². The molecule has 0 N–H and O–H groups in total. The maximum absolute atomic E-state index is 12.8. The molecule has 1 aromatic heterocycles. The van der Waals surface area contributed by atoms with Crippen LogP contribution in [0.1, 0.15) is 35.4 Å². The highest BCUT2D eigenvalue weighted by Gasteiger charge is 2.48. The highest BCUT2D eigenvalue weighted by atomic mass is 16.5. The predicted molar refractivity (Wildman–Crippen MR) is 91.9 cm³/mol. The van der Waals surface area contributed by atoms with E-state index >= 15 is 0 Å².